The molecule has 2 aliphatic heterocycles. The first-order valence-electron chi connectivity index (χ1n) is 9.47. The molecule has 1 aromatic heterocycles. The topological polar surface area (TPSA) is 78.9 Å². The Hall–Kier alpha value is -2.38. The zero-order valence-electron chi connectivity index (χ0n) is 15.4. The van der Waals surface area contributed by atoms with E-state index in [-0.39, 0.29) is 12.0 Å². The molecule has 142 valence electrons. The molecule has 0 spiro atoms. The van der Waals surface area contributed by atoms with Crippen LogP contribution < -0.4 is 4.90 Å². The van der Waals surface area contributed by atoms with Crippen molar-refractivity contribution in [3.8, 4) is 0 Å². The maximum atomic E-state index is 12.6. The Morgan fingerprint density at radius 3 is 2.12 bits per heavy atom. The third-order valence-electron chi connectivity index (χ3n) is 4.87. The van der Waals surface area contributed by atoms with E-state index in [0.717, 1.165) is 25.9 Å². The lowest BCUT2D eigenvalue weighted by molar-refractivity contribution is 0.0760. The summed E-state index contributed by atoms with van der Waals surface area (Å²) in [7, 11) is 0. The van der Waals surface area contributed by atoms with Crippen LogP contribution in [0.25, 0.3) is 0 Å². The molecule has 2 fully saturated rings. The zero-order valence-corrected chi connectivity index (χ0v) is 15.4. The van der Waals surface area contributed by atoms with E-state index in [9.17, 15) is 9.59 Å². The average molecular weight is 361 g/mol. The van der Waals surface area contributed by atoms with Gasteiger partial charge >= 0.3 is 6.09 Å². The van der Waals surface area contributed by atoms with Crippen molar-refractivity contribution in [1.82, 2.24) is 19.8 Å². The summed E-state index contributed by atoms with van der Waals surface area (Å²) in [6.07, 6.45) is 7.48. The summed E-state index contributed by atoms with van der Waals surface area (Å²) < 4.78 is 5.03. The number of carbonyl (C=O) groups excluding carboxylic acids is 2. The van der Waals surface area contributed by atoms with Crippen LogP contribution in [0.15, 0.2) is 12.4 Å². The lowest BCUT2D eigenvalue weighted by atomic mass is 10.2. The van der Waals surface area contributed by atoms with Crippen LogP contribution in [-0.4, -0.2) is 77.6 Å². The van der Waals surface area contributed by atoms with Gasteiger partial charge in [-0.2, -0.15) is 0 Å². The van der Waals surface area contributed by atoms with E-state index in [1.165, 1.54) is 12.8 Å². The van der Waals surface area contributed by atoms with Gasteiger partial charge in [0.1, 0.15) is 0 Å². The molecule has 3 heterocycles. The van der Waals surface area contributed by atoms with Gasteiger partial charge in [-0.15, -0.1) is 0 Å². The first kappa shape index (κ1) is 18.4. The van der Waals surface area contributed by atoms with Crippen LogP contribution in [0.5, 0.6) is 0 Å². The fourth-order valence-electron chi connectivity index (χ4n) is 3.36. The number of carbonyl (C=O) groups is 2. The summed E-state index contributed by atoms with van der Waals surface area (Å²) in [5.74, 6) is 0.617. The summed E-state index contributed by atoms with van der Waals surface area (Å²) in [6.45, 7) is 6.28. The van der Waals surface area contributed by atoms with Gasteiger partial charge in [0.25, 0.3) is 5.91 Å². The number of aromatic nitrogens is 2. The number of hydrogen-bond acceptors (Lipinski definition) is 6. The number of anilines is 1. The van der Waals surface area contributed by atoms with E-state index >= 15 is 0 Å². The van der Waals surface area contributed by atoms with Crippen molar-refractivity contribution in [1.29, 1.82) is 0 Å². The number of rotatable bonds is 3. The van der Waals surface area contributed by atoms with Crippen molar-refractivity contribution in [3.05, 3.63) is 18.0 Å². The van der Waals surface area contributed by atoms with Gasteiger partial charge in [-0.1, -0.05) is 12.8 Å². The number of nitrogens with zero attached hydrogens (tertiary/aromatic N) is 5. The molecule has 3 rings (SSSR count). The Kier molecular flexibility index (Phi) is 6.25. The normalized spacial score (nSPS) is 18.4. The Bertz CT molecular complexity index is 606. The highest BCUT2D eigenvalue weighted by atomic mass is 16.6. The molecule has 0 aliphatic carbocycles. The van der Waals surface area contributed by atoms with Gasteiger partial charge in [-0.3, -0.25) is 4.79 Å². The molecular weight excluding hydrogens is 334 g/mol. The third kappa shape index (κ3) is 4.42. The predicted molar refractivity (Wildman–Crippen MR) is 97.2 cm³/mol. The van der Waals surface area contributed by atoms with Crippen molar-refractivity contribution in [2.45, 2.75) is 32.6 Å². The molecule has 0 bridgehead atoms. The molecule has 2 saturated heterocycles. The third-order valence-corrected chi connectivity index (χ3v) is 4.87. The van der Waals surface area contributed by atoms with Crippen molar-refractivity contribution in [3.63, 3.8) is 0 Å². The molecule has 0 atom stereocenters. The second-order valence-corrected chi connectivity index (χ2v) is 6.65. The van der Waals surface area contributed by atoms with Crippen LogP contribution in [0.3, 0.4) is 0 Å². The predicted octanol–water partition coefficient (Wildman–Crippen LogP) is 1.77. The van der Waals surface area contributed by atoms with Crippen LogP contribution in [-0.2, 0) is 4.74 Å². The molecular formula is C18H27N5O3. The molecule has 2 amide bonds. The van der Waals surface area contributed by atoms with Crippen LogP contribution in [0.2, 0.25) is 0 Å². The van der Waals surface area contributed by atoms with Crippen molar-refractivity contribution >= 4 is 17.9 Å². The molecule has 0 unspecified atom stereocenters. The zero-order chi connectivity index (χ0) is 18.4. The lowest BCUT2D eigenvalue weighted by Crippen LogP contribution is -2.49. The second-order valence-electron chi connectivity index (χ2n) is 6.65. The van der Waals surface area contributed by atoms with E-state index in [4.69, 9.17) is 4.74 Å². The Balaban J connectivity index is 1.56. The minimum absolute atomic E-state index is 0.0191. The fraction of sp³-hybridized carbons (Fsp3) is 0.667. The Morgan fingerprint density at radius 1 is 0.923 bits per heavy atom. The van der Waals surface area contributed by atoms with E-state index in [1.807, 2.05) is 9.80 Å². The standard InChI is InChI=1S/C18H27N5O3/c1-2-26-18(25)23-11-9-22(10-12-23)17-19-13-15(14-20-17)16(24)21-7-5-3-4-6-8-21/h13-14H,2-12H2,1H3. The smallest absolute Gasteiger partial charge is 0.409 e. The van der Waals surface area contributed by atoms with Crippen LogP contribution >= 0.6 is 0 Å². The largest absolute Gasteiger partial charge is 0.450 e. The van der Waals surface area contributed by atoms with E-state index in [0.29, 0.717) is 44.3 Å². The highest BCUT2D eigenvalue weighted by molar-refractivity contribution is 5.93. The van der Waals surface area contributed by atoms with Gasteiger partial charge in [-0.05, 0) is 19.8 Å². The van der Waals surface area contributed by atoms with Gasteiger partial charge in [0.15, 0.2) is 0 Å². The summed E-state index contributed by atoms with van der Waals surface area (Å²) in [4.78, 5) is 38.7. The van der Waals surface area contributed by atoms with Crippen LogP contribution in [0.1, 0.15) is 43.0 Å². The Labute approximate surface area is 154 Å². The SMILES string of the molecule is CCOC(=O)N1CCN(c2ncc(C(=O)N3CCCCCC3)cn2)CC1. The first-order valence-corrected chi connectivity index (χ1v) is 9.47. The number of amides is 2. The highest BCUT2D eigenvalue weighted by Crippen LogP contribution is 2.15. The van der Waals surface area contributed by atoms with E-state index < -0.39 is 0 Å². The highest BCUT2D eigenvalue weighted by Gasteiger charge is 2.24. The number of ether oxygens (including phenoxy) is 1. The maximum Gasteiger partial charge on any atom is 0.409 e. The molecule has 0 aromatic carbocycles. The minimum Gasteiger partial charge on any atom is -0.450 e. The molecule has 2 aliphatic rings. The van der Waals surface area contributed by atoms with Crippen molar-refractivity contribution < 1.29 is 14.3 Å². The number of hydrogen-bond donors (Lipinski definition) is 0. The van der Waals surface area contributed by atoms with Gasteiger partial charge < -0.3 is 19.4 Å². The maximum absolute atomic E-state index is 12.6. The molecule has 0 N–H and O–H groups in total. The molecule has 0 radical (unpaired) electrons. The van der Waals surface area contributed by atoms with Crippen molar-refractivity contribution in [2.75, 3.05) is 50.8 Å². The molecule has 1 aromatic rings. The van der Waals surface area contributed by atoms with Crippen molar-refractivity contribution in [2.24, 2.45) is 0 Å². The quantitative estimate of drug-likeness (QED) is 0.816. The summed E-state index contributed by atoms with van der Waals surface area (Å²) in [5, 5.41) is 0. The Morgan fingerprint density at radius 2 is 1.54 bits per heavy atom. The summed E-state index contributed by atoms with van der Waals surface area (Å²) in [5.41, 5.74) is 0.542. The molecule has 26 heavy (non-hydrogen) atoms. The first-order chi connectivity index (χ1) is 12.7. The summed E-state index contributed by atoms with van der Waals surface area (Å²) in [6, 6.07) is 0. The average Bonchev–Trinajstić information content (AvgIpc) is 2.97. The number of piperazine rings is 1. The lowest BCUT2D eigenvalue weighted by Gasteiger charge is -2.34. The van der Waals surface area contributed by atoms with Gasteiger partial charge in [-0.25, -0.2) is 14.8 Å². The van der Waals surface area contributed by atoms with Gasteiger partial charge in [0.05, 0.1) is 12.2 Å². The molecule has 0 saturated carbocycles. The van der Waals surface area contributed by atoms with Gasteiger partial charge in [0.2, 0.25) is 5.95 Å². The second kappa shape index (κ2) is 8.82. The van der Waals surface area contributed by atoms with Gasteiger partial charge in [0, 0.05) is 51.7 Å². The van der Waals surface area contributed by atoms with Crippen LogP contribution in [0.4, 0.5) is 10.7 Å². The number of likely N-dealkylation sites (tertiary alicyclic amines) is 1. The molecule has 8 heteroatoms. The minimum atomic E-state index is -0.272. The van der Waals surface area contributed by atoms with E-state index in [1.54, 1.807) is 24.2 Å². The monoisotopic (exact) mass is 361 g/mol. The summed E-state index contributed by atoms with van der Waals surface area (Å²) >= 11 is 0. The van der Waals surface area contributed by atoms with Crippen LogP contribution in [0, 0.1) is 0 Å². The fourth-order valence-corrected chi connectivity index (χ4v) is 3.36. The molecule has 8 nitrogen and oxygen atoms in total. The van der Waals surface area contributed by atoms with E-state index in [2.05, 4.69) is 9.97 Å².